The lowest BCUT2D eigenvalue weighted by Gasteiger charge is -1.99. The van der Waals surface area contributed by atoms with Gasteiger partial charge in [0.2, 0.25) is 0 Å². The van der Waals surface area contributed by atoms with Gasteiger partial charge in [0.05, 0.1) is 0 Å². The molecule has 0 N–H and O–H groups in total. The van der Waals surface area contributed by atoms with Crippen LogP contribution < -0.4 is 5.46 Å². The highest BCUT2D eigenvalue weighted by molar-refractivity contribution is 7.98. The fourth-order valence-electron chi connectivity index (χ4n) is 0.701. The van der Waals surface area contributed by atoms with Crippen molar-refractivity contribution in [1.82, 2.24) is 0 Å². The Balaban J connectivity index is 3.04. The SMILES string of the molecule is Bc1ccc(SC)cc1Cl. The topological polar surface area (TPSA) is 0 Å². The molecule has 10 heavy (non-hydrogen) atoms. The summed E-state index contributed by atoms with van der Waals surface area (Å²) in [6, 6.07) is 6.10. The summed E-state index contributed by atoms with van der Waals surface area (Å²) in [7, 11) is 2.01. The molecule has 0 aliphatic rings. The van der Waals surface area contributed by atoms with Gasteiger partial charge in [0.1, 0.15) is 7.85 Å². The van der Waals surface area contributed by atoms with Crippen LogP contribution in [0.5, 0.6) is 0 Å². The standard InChI is InChI=1S/C7H8BClS/c1-10-5-2-3-6(8)7(9)4-5/h2-4H,8H2,1H3. The molecule has 0 aromatic heterocycles. The van der Waals surface area contributed by atoms with Gasteiger partial charge in [0.25, 0.3) is 0 Å². The highest BCUT2D eigenvalue weighted by Crippen LogP contribution is 2.16. The lowest BCUT2D eigenvalue weighted by atomic mass is 9.97. The van der Waals surface area contributed by atoms with Crippen LogP contribution in [0.15, 0.2) is 23.1 Å². The molecule has 0 aliphatic heterocycles. The maximum absolute atomic E-state index is 5.88. The molecule has 0 nitrogen and oxygen atoms in total. The van der Waals surface area contributed by atoms with E-state index in [1.54, 1.807) is 11.8 Å². The minimum absolute atomic E-state index is 0.854. The third-order valence-corrected chi connectivity index (χ3v) is 2.51. The van der Waals surface area contributed by atoms with Gasteiger partial charge in [0, 0.05) is 9.92 Å². The minimum atomic E-state index is 0.854. The summed E-state index contributed by atoms with van der Waals surface area (Å²) in [4.78, 5) is 1.22. The van der Waals surface area contributed by atoms with Crippen molar-refractivity contribution in [2.75, 3.05) is 6.26 Å². The van der Waals surface area contributed by atoms with Crippen molar-refractivity contribution in [1.29, 1.82) is 0 Å². The van der Waals surface area contributed by atoms with Crippen molar-refractivity contribution in [2.45, 2.75) is 4.90 Å². The van der Waals surface area contributed by atoms with E-state index in [4.69, 9.17) is 11.6 Å². The second-order valence-electron chi connectivity index (χ2n) is 2.12. The van der Waals surface area contributed by atoms with Crippen LogP contribution >= 0.6 is 23.4 Å². The molecule has 52 valence electrons. The van der Waals surface area contributed by atoms with E-state index >= 15 is 0 Å². The third-order valence-electron chi connectivity index (χ3n) is 1.38. The maximum Gasteiger partial charge on any atom is 0.141 e. The molecule has 0 heterocycles. The Morgan fingerprint density at radius 2 is 2.20 bits per heavy atom. The minimum Gasteiger partial charge on any atom is -0.130 e. The van der Waals surface area contributed by atoms with E-state index in [2.05, 4.69) is 6.07 Å². The largest absolute Gasteiger partial charge is 0.141 e. The zero-order valence-corrected chi connectivity index (χ0v) is 7.59. The molecule has 0 spiro atoms. The van der Waals surface area contributed by atoms with Crippen LogP contribution in [0.1, 0.15) is 0 Å². The average Bonchev–Trinajstić information content (AvgIpc) is 1.95. The van der Waals surface area contributed by atoms with Gasteiger partial charge < -0.3 is 0 Å². The van der Waals surface area contributed by atoms with Crippen LogP contribution in [0.2, 0.25) is 5.02 Å². The normalized spacial score (nSPS) is 9.80. The van der Waals surface area contributed by atoms with E-state index < -0.39 is 0 Å². The van der Waals surface area contributed by atoms with Crippen LogP contribution in [0.4, 0.5) is 0 Å². The molecule has 0 saturated carbocycles. The summed E-state index contributed by atoms with van der Waals surface area (Å²) in [6.07, 6.45) is 2.04. The Morgan fingerprint density at radius 1 is 1.50 bits per heavy atom. The maximum atomic E-state index is 5.88. The summed E-state index contributed by atoms with van der Waals surface area (Å²) in [5.41, 5.74) is 1.14. The fourth-order valence-corrected chi connectivity index (χ4v) is 1.39. The summed E-state index contributed by atoms with van der Waals surface area (Å²) in [6.45, 7) is 0. The van der Waals surface area contributed by atoms with E-state index in [1.807, 2.05) is 26.2 Å². The van der Waals surface area contributed by atoms with Crippen LogP contribution in [0, 0.1) is 0 Å². The molecule has 0 unspecified atom stereocenters. The van der Waals surface area contributed by atoms with Gasteiger partial charge >= 0.3 is 0 Å². The third kappa shape index (κ3) is 1.71. The molecule has 1 aromatic rings. The first-order chi connectivity index (χ1) is 4.74. The van der Waals surface area contributed by atoms with Crippen molar-refractivity contribution in [3.8, 4) is 0 Å². The van der Waals surface area contributed by atoms with Crippen molar-refractivity contribution in [3.63, 3.8) is 0 Å². The van der Waals surface area contributed by atoms with Crippen LogP contribution in [-0.2, 0) is 0 Å². The van der Waals surface area contributed by atoms with Gasteiger partial charge in [-0.1, -0.05) is 23.1 Å². The first-order valence-electron chi connectivity index (χ1n) is 3.04. The highest BCUT2D eigenvalue weighted by Gasteiger charge is 1.94. The van der Waals surface area contributed by atoms with Crippen molar-refractivity contribution in [3.05, 3.63) is 23.2 Å². The van der Waals surface area contributed by atoms with Gasteiger partial charge in [-0.25, -0.2) is 0 Å². The Morgan fingerprint density at radius 3 is 2.70 bits per heavy atom. The number of benzene rings is 1. The molecule has 0 atom stereocenters. The average molecular weight is 170 g/mol. The van der Waals surface area contributed by atoms with Crippen molar-refractivity contribution in [2.24, 2.45) is 0 Å². The molecule has 0 bridgehead atoms. The van der Waals surface area contributed by atoms with Gasteiger partial charge in [-0.2, -0.15) is 0 Å². The molecule has 0 fully saturated rings. The molecule has 0 radical (unpaired) electrons. The fraction of sp³-hybridized carbons (Fsp3) is 0.143. The Hall–Kier alpha value is -0.0751. The van der Waals surface area contributed by atoms with Gasteiger partial charge in [-0.15, -0.1) is 11.8 Å². The zero-order chi connectivity index (χ0) is 7.56. The molecular formula is C7H8BClS. The molecule has 1 aromatic carbocycles. The van der Waals surface area contributed by atoms with E-state index in [-0.39, 0.29) is 0 Å². The summed E-state index contributed by atoms with van der Waals surface area (Å²) < 4.78 is 0. The van der Waals surface area contributed by atoms with E-state index in [1.165, 1.54) is 4.90 Å². The zero-order valence-electron chi connectivity index (χ0n) is 6.02. The summed E-state index contributed by atoms with van der Waals surface area (Å²) in [5, 5.41) is 0.854. The number of hydrogen-bond donors (Lipinski definition) is 0. The molecule has 3 heteroatoms. The first kappa shape index (κ1) is 8.03. The van der Waals surface area contributed by atoms with Crippen molar-refractivity contribution >= 4 is 36.7 Å². The Labute approximate surface area is 71.4 Å². The predicted octanol–water partition coefficient (Wildman–Crippen LogP) is 1.32. The summed E-state index contributed by atoms with van der Waals surface area (Å²) in [5.74, 6) is 0. The van der Waals surface area contributed by atoms with Gasteiger partial charge in [-0.3, -0.25) is 0 Å². The molecule has 1 rings (SSSR count). The smallest absolute Gasteiger partial charge is 0.130 e. The monoisotopic (exact) mass is 170 g/mol. The van der Waals surface area contributed by atoms with E-state index in [9.17, 15) is 0 Å². The molecular weight excluding hydrogens is 162 g/mol. The van der Waals surface area contributed by atoms with E-state index in [0.717, 1.165) is 10.5 Å². The first-order valence-corrected chi connectivity index (χ1v) is 4.64. The predicted molar refractivity (Wildman–Crippen MR) is 51.4 cm³/mol. The van der Waals surface area contributed by atoms with Crippen LogP contribution in [0.25, 0.3) is 0 Å². The Kier molecular flexibility index (Phi) is 2.69. The molecule has 0 amide bonds. The summed E-state index contributed by atoms with van der Waals surface area (Å²) >= 11 is 7.59. The second kappa shape index (κ2) is 3.36. The second-order valence-corrected chi connectivity index (χ2v) is 3.40. The number of halogens is 1. The number of rotatable bonds is 1. The van der Waals surface area contributed by atoms with Gasteiger partial charge in [0.15, 0.2) is 0 Å². The van der Waals surface area contributed by atoms with E-state index in [0.29, 0.717) is 0 Å². The van der Waals surface area contributed by atoms with Gasteiger partial charge in [-0.05, 0) is 18.4 Å². The molecule has 0 aliphatic carbocycles. The molecule has 0 saturated heterocycles. The number of hydrogen-bond acceptors (Lipinski definition) is 1. The van der Waals surface area contributed by atoms with Crippen LogP contribution in [0.3, 0.4) is 0 Å². The highest BCUT2D eigenvalue weighted by atomic mass is 35.5. The lowest BCUT2D eigenvalue weighted by molar-refractivity contribution is 1.49. The van der Waals surface area contributed by atoms with Crippen molar-refractivity contribution < 1.29 is 0 Å². The van der Waals surface area contributed by atoms with Crippen LogP contribution in [-0.4, -0.2) is 14.1 Å². The lowest BCUT2D eigenvalue weighted by Crippen LogP contribution is -2.02. The quantitative estimate of drug-likeness (QED) is 0.453. The number of thioether (sulfide) groups is 1. The Bertz CT molecular complexity index is 237.